The molecule has 0 aromatic heterocycles. The minimum atomic E-state index is -0.467. The molecule has 1 aromatic rings. The van der Waals surface area contributed by atoms with E-state index in [1.54, 1.807) is 13.0 Å². The molecule has 0 radical (unpaired) electrons. The van der Waals surface area contributed by atoms with Gasteiger partial charge in [0, 0.05) is 3.57 Å². The molecule has 1 rings (SSSR count). The van der Waals surface area contributed by atoms with E-state index in [0.717, 1.165) is 3.57 Å². The van der Waals surface area contributed by atoms with E-state index in [-0.39, 0.29) is 17.3 Å². The maximum Gasteiger partial charge on any atom is 0.338 e. The molecule has 2 nitrogen and oxygen atoms in total. The predicted molar refractivity (Wildman–Crippen MR) is 69.0 cm³/mol. The Morgan fingerprint density at radius 1 is 1.50 bits per heavy atom. The molecule has 0 fully saturated rings. The van der Waals surface area contributed by atoms with E-state index in [9.17, 15) is 9.18 Å². The maximum absolute atomic E-state index is 13.4. The summed E-state index contributed by atoms with van der Waals surface area (Å²) in [7, 11) is 0. The highest BCUT2D eigenvalue weighted by Crippen LogP contribution is 2.18. The summed E-state index contributed by atoms with van der Waals surface area (Å²) in [5, 5.41) is 0. The Kier molecular flexibility index (Phi) is 4.70. The third-order valence-corrected chi connectivity index (χ3v) is 3.18. The van der Waals surface area contributed by atoms with Crippen LogP contribution in [0.15, 0.2) is 12.1 Å². The van der Waals surface area contributed by atoms with Crippen molar-refractivity contribution in [2.45, 2.75) is 20.8 Å². The van der Waals surface area contributed by atoms with E-state index in [4.69, 9.17) is 4.74 Å². The topological polar surface area (TPSA) is 26.3 Å². The van der Waals surface area contributed by atoms with Gasteiger partial charge in [0.05, 0.1) is 12.2 Å². The van der Waals surface area contributed by atoms with E-state index < -0.39 is 5.97 Å². The largest absolute Gasteiger partial charge is 0.462 e. The number of esters is 1. The Labute approximate surface area is 108 Å². The molecule has 1 aromatic carbocycles. The zero-order valence-electron chi connectivity index (χ0n) is 9.51. The van der Waals surface area contributed by atoms with Gasteiger partial charge in [-0.1, -0.05) is 13.8 Å². The van der Waals surface area contributed by atoms with Gasteiger partial charge in [0.1, 0.15) is 5.82 Å². The van der Waals surface area contributed by atoms with Gasteiger partial charge >= 0.3 is 5.97 Å². The van der Waals surface area contributed by atoms with Crippen LogP contribution in [0, 0.1) is 22.2 Å². The first-order valence-electron chi connectivity index (χ1n) is 5.04. The van der Waals surface area contributed by atoms with E-state index in [1.807, 2.05) is 36.4 Å². The number of hydrogen-bond acceptors (Lipinski definition) is 2. The molecule has 88 valence electrons. The van der Waals surface area contributed by atoms with Crippen LogP contribution in [0.1, 0.15) is 29.8 Å². The second-order valence-electron chi connectivity index (χ2n) is 4.06. The molecule has 0 spiro atoms. The van der Waals surface area contributed by atoms with Crippen LogP contribution in [0.5, 0.6) is 0 Å². The van der Waals surface area contributed by atoms with E-state index in [0.29, 0.717) is 12.2 Å². The number of halogens is 2. The number of ether oxygens (including phenoxy) is 1. The molecule has 0 saturated heterocycles. The molecule has 0 unspecified atom stereocenters. The number of hydrogen-bond donors (Lipinski definition) is 0. The van der Waals surface area contributed by atoms with Gasteiger partial charge in [-0.25, -0.2) is 9.18 Å². The van der Waals surface area contributed by atoms with Crippen LogP contribution in [0.2, 0.25) is 0 Å². The SMILES string of the molecule is Cc1c(F)cc(C(=O)OCC(C)C)cc1I. The molecule has 0 atom stereocenters. The maximum atomic E-state index is 13.4. The summed E-state index contributed by atoms with van der Waals surface area (Å²) in [5.74, 6) is -0.563. The fourth-order valence-electron chi connectivity index (χ4n) is 1.09. The molecule has 0 aliphatic carbocycles. The Hall–Kier alpha value is -0.650. The molecule has 4 heteroatoms. The molecule has 0 bridgehead atoms. The van der Waals surface area contributed by atoms with Crippen LogP contribution in [-0.4, -0.2) is 12.6 Å². The van der Waals surface area contributed by atoms with Crippen molar-refractivity contribution in [1.29, 1.82) is 0 Å². The highest BCUT2D eigenvalue weighted by molar-refractivity contribution is 14.1. The first kappa shape index (κ1) is 13.4. The standard InChI is InChI=1S/C12H14FIO2/c1-7(2)6-16-12(15)9-4-10(13)8(3)11(14)5-9/h4-5,7H,6H2,1-3H3. The van der Waals surface area contributed by atoms with Gasteiger partial charge in [0.25, 0.3) is 0 Å². The van der Waals surface area contributed by atoms with Crippen LogP contribution in [0.3, 0.4) is 0 Å². The molecule has 0 amide bonds. The molecular weight excluding hydrogens is 322 g/mol. The van der Waals surface area contributed by atoms with Gasteiger partial charge < -0.3 is 4.74 Å². The minimum absolute atomic E-state index is 0.271. The van der Waals surface area contributed by atoms with Crippen LogP contribution in [0.4, 0.5) is 4.39 Å². The summed E-state index contributed by atoms with van der Waals surface area (Å²) in [6.45, 7) is 5.94. The summed E-state index contributed by atoms with van der Waals surface area (Å²) in [5.41, 5.74) is 0.828. The van der Waals surface area contributed by atoms with Gasteiger partial charge in [-0.15, -0.1) is 0 Å². The second-order valence-corrected chi connectivity index (χ2v) is 5.22. The van der Waals surface area contributed by atoms with Gasteiger partial charge in [-0.05, 0) is 53.1 Å². The fraction of sp³-hybridized carbons (Fsp3) is 0.417. The zero-order chi connectivity index (χ0) is 12.3. The number of benzene rings is 1. The molecule has 0 N–H and O–H groups in total. The third-order valence-electron chi connectivity index (χ3n) is 2.06. The lowest BCUT2D eigenvalue weighted by Crippen LogP contribution is -2.11. The highest BCUT2D eigenvalue weighted by Gasteiger charge is 2.12. The minimum Gasteiger partial charge on any atom is -0.462 e. The number of rotatable bonds is 3. The van der Waals surface area contributed by atoms with Gasteiger partial charge in [0.2, 0.25) is 0 Å². The van der Waals surface area contributed by atoms with Crippen LogP contribution in [-0.2, 0) is 4.74 Å². The molecule has 16 heavy (non-hydrogen) atoms. The Morgan fingerprint density at radius 3 is 2.62 bits per heavy atom. The van der Waals surface area contributed by atoms with E-state index in [2.05, 4.69) is 0 Å². The molecule has 0 aliphatic rings. The van der Waals surface area contributed by atoms with Crippen molar-refractivity contribution < 1.29 is 13.9 Å². The zero-order valence-corrected chi connectivity index (χ0v) is 11.7. The normalized spacial score (nSPS) is 10.6. The van der Waals surface area contributed by atoms with Gasteiger partial charge in [-0.3, -0.25) is 0 Å². The Balaban J connectivity index is 2.84. The Bertz CT molecular complexity index is 379. The lowest BCUT2D eigenvalue weighted by molar-refractivity contribution is 0.0458. The average molecular weight is 336 g/mol. The van der Waals surface area contributed by atoms with Crippen molar-refractivity contribution in [3.05, 3.63) is 32.6 Å². The van der Waals surface area contributed by atoms with Crippen molar-refractivity contribution >= 4 is 28.6 Å². The van der Waals surface area contributed by atoms with Crippen molar-refractivity contribution in [2.24, 2.45) is 5.92 Å². The smallest absolute Gasteiger partial charge is 0.338 e. The van der Waals surface area contributed by atoms with Crippen LogP contribution < -0.4 is 0 Å². The fourth-order valence-corrected chi connectivity index (χ4v) is 1.68. The van der Waals surface area contributed by atoms with Crippen molar-refractivity contribution in [3.63, 3.8) is 0 Å². The summed E-state index contributed by atoms with van der Waals surface area (Å²) in [4.78, 5) is 11.6. The third kappa shape index (κ3) is 3.43. The number of carbonyl (C=O) groups is 1. The predicted octanol–water partition coefficient (Wildman–Crippen LogP) is 3.55. The first-order valence-corrected chi connectivity index (χ1v) is 6.12. The van der Waals surface area contributed by atoms with Crippen molar-refractivity contribution in [1.82, 2.24) is 0 Å². The summed E-state index contributed by atoms with van der Waals surface area (Å²) >= 11 is 2.00. The quantitative estimate of drug-likeness (QED) is 0.623. The average Bonchev–Trinajstić information content (AvgIpc) is 2.21. The number of carbonyl (C=O) groups excluding carboxylic acids is 1. The highest BCUT2D eigenvalue weighted by atomic mass is 127. The van der Waals surface area contributed by atoms with Crippen LogP contribution in [0.25, 0.3) is 0 Å². The van der Waals surface area contributed by atoms with E-state index in [1.165, 1.54) is 6.07 Å². The molecule has 0 saturated carbocycles. The molecule has 0 aliphatic heterocycles. The van der Waals surface area contributed by atoms with Crippen molar-refractivity contribution in [3.8, 4) is 0 Å². The van der Waals surface area contributed by atoms with Gasteiger partial charge in [-0.2, -0.15) is 0 Å². The van der Waals surface area contributed by atoms with Crippen molar-refractivity contribution in [2.75, 3.05) is 6.61 Å². The molecular formula is C12H14FIO2. The lowest BCUT2D eigenvalue weighted by atomic mass is 10.1. The summed E-state index contributed by atoms with van der Waals surface area (Å²) < 4.78 is 19.1. The molecule has 0 heterocycles. The van der Waals surface area contributed by atoms with Gasteiger partial charge in [0.15, 0.2) is 0 Å². The van der Waals surface area contributed by atoms with E-state index >= 15 is 0 Å². The monoisotopic (exact) mass is 336 g/mol. The first-order chi connectivity index (χ1) is 7.41. The second kappa shape index (κ2) is 5.61. The lowest BCUT2D eigenvalue weighted by Gasteiger charge is -2.08. The summed E-state index contributed by atoms with van der Waals surface area (Å²) in [6.07, 6.45) is 0. The summed E-state index contributed by atoms with van der Waals surface area (Å²) in [6, 6.07) is 2.86. The van der Waals surface area contributed by atoms with Crippen LogP contribution >= 0.6 is 22.6 Å². The Morgan fingerprint density at radius 2 is 2.12 bits per heavy atom.